The monoisotopic (exact) mass is 215 g/mol. The van der Waals surface area contributed by atoms with Crippen molar-refractivity contribution < 1.29 is 8.42 Å². The fourth-order valence-corrected chi connectivity index (χ4v) is 1.89. The van der Waals surface area contributed by atoms with E-state index in [2.05, 4.69) is 11.7 Å². The van der Waals surface area contributed by atoms with Crippen molar-refractivity contribution in [3.63, 3.8) is 0 Å². The van der Waals surface area contributed by atoms with Gasteiger partial charge >= 0.3 is 10.2 Å². The highest BCUT2D eigenvalue weighted by Crippen LogP contribution is 2.06. The van der Waals surface area contributed by atoms with Gasteiger partial charge in [0.05, 0.1) is 11.9 Å². The lowest BCUT2D eigenvalue weighted by Crippen LogP contribution is -2.30. The van der Waals surface area contributed by atoms with Gasteiger partial charge in [0.25, 0.3) is 0 Å². The SMILES string of the molecule is C=CCc1ccnn1S(=O)(=O)N(C)C. The molecule has 0 fully saturated rings. The van der Waals surface area contributed by atoms with Crippen molar-refractivity contribution in [2.45, 2.75) is 6.42 Å². The molecule has 0 aliphatic carbocycles. The topological polar surface area (TPSA) is 55.2 Å². The lowest BCUT2D eigenvalue weighted by atomic mass is 10.3. The molecule has 1 heterocycles. The normalized spacial score (nSPS) is 11.9. The van der Waals surface area contributed by atoms with Gasteiger partial charge in [0.2, 0.25) is 0 Å². The molecule has 0 atom stereocenters. The number of allylic oxidation sites excluding steroid dienone is 1. The van der Waals surface area contributed by atoms with E-state index in [0.717, 1.165) is 8.39 Å². The van der Waals surface area contributed by atoms with Gasteiger partial charge in [-0.1, -0.05) is 6.08 Å². The maximum absolute atomic E-state index is 11.7. The van der Waals surface area contributed by atoms with Crippen LogP contribution >= 0.6 is 0 Å². The second-order valence-corrected chi connectivity index (χ2v) is 4.92. The highest BCUT2D eigenvalue weighted by molar-refractivity contribution is 7.87. The summed E-state index contributed by atoms with van der Waals surface area (Å²) in [6.45, 7) is 3.55. The standard InChI is InChI=1S/C8H13N3O2S/c1-4-5-8-6-7-9-11(8)14(12,13)10(2)3/h4,6-7H,1,5H2,2-3H3. The Hall–Kier alpha value is -1.14. The number of hydrogen-bond acceptors (Lipinski definition) is 3. The fourth-order valence-electron chi connectivity index (χ4n) is 0.974. The summed E-state index contributed by atoms with van der Waals surface area (Å²) in [5.41, 5.74) is 0.605. The smallest absolute Gasteiger partial charge is 0.189 e. The van der Waals surface area contributed by atoms with Gasteiger partial charge in [-0.25, -0.2) is 0 Å². The molecule has 1 aromatic rings. The maximum Gasteiger partial charge on any atom is 0.322 e. The minimum Gasteiger partial charge on any atom is -0.189 e. The highest BCUT2D eigenvalue weighted by atomic mass is 32.2. The highest BCUT2D eigenvalue weighted by Gasteiger charge is 2.19. The number of aromatic nitrogens is 2. The zero-order valence-corrected chi connectivity index (χ0v) is 9.03. The van der Waals surface area contributed by atoms with Crippen LogP contribution in [0.5, 0.6) is 0 Å². The molecule has 1 aromatic heterocycles. The second kappa shape index (κ2) is 3.93. The van der Waals surface area contributed by atoms with Crippen LogP contribution in [-0.4, -0.2) is 36.0 Å². The molecule has 0 saturated carbocycles. The Kier molecular flexibility index (Phi) is 3.07. The Morgan fingerprint density at radius 3 is 2.79 bits per heavy atom. The molecule has 0 bridgehead atoms. The summed E-state index contributed by atoms with van der Waals surface area (Å²) in [6, 6.07) is 1.66. The summed E-state index contributed by atoms with van der Waals surface area (Å²) >= 11 is 0. The molecule has 0 aliphatic heterocycles. The lowest BCUT2D eigenvalue weighted by molar-refractivity contribution is 0.501. The average Bonchev–Trinajstić information content (AvgIpc) is 2.53. The molecule has 0 amide bonds. The van der Waals surface area contributed by atoms with E-state index in [9.17, 15) is 8.42 Å². The van der Waals surface area contributed by atoms with Crippen LogP contribution in [0, 0.1) is 0 Å². The third-order valence-corrected chi connectivity index (χ3v) is 3.41. The Bertz CT molecular complexity index is 420. The zero-order valence-electron chi connectivity index (χ0n) is 8.21. The first-order valence-electron chi connectivity index (χ1n) is 4.07. The molecular weight excluding hydrogens is 202 g/mol. The van der Waals surface area contributed by atoms with E-state index in [4.69, 9.17) is 0 Å². The summed E-state index contributed by atoms with van der Waals surface area (Å²) in [5, 5.41) is 3.77. The maximum atomic E-state index is 11.7. The van der Waals surface area contributed by atoms with Crippen molar-refractivity contribution in [2.24, 2.45) is 0 Å². The van der Waals surface area contributed by atoms with Crippen molar-refractivity contribution in [2.75, 3.05) is 14.1 Å². The van der Waals surface area contributed by atoms with Crippen LogP contribution < -0.4 is 0 Å². The summed E-state index contributed by atoms with van der Waals surface area (Å²) < 4.78 is 25.5. The molecule has 0 aromatic carbocycles. The Morgan fingerprint density at radius 2 is 2.29 bits per heavy atom. The van der Waals surface area contributed by atoms with Gasteiger partial charge in [0.1, 0.15) is 0 Å². The van der Waals surface area contributed by atoms with Gasteiger partial charge in [0, 0.05) is 20.5 Å². The Morgan fingerprint density at radius 1 is 1.64 bits per heavy atom. The second-order valence-electron chi connectivity index (χ2n) is 2.95. The van der Waals surface area contributed by atoms with Crippen LogP contribution in [0.4, 0.5) is 0 Å². The molecule has 0 aliphatic rings. The molecule has 0 radical (unpaired) electrons. The van der Waals surface area contributed by atoms with Gasteiger partial charge in [-0.05, 0) is 6.07 Å². The quantitative estimate of drug-likeness (QED) is 0.677. The van der Waals surface area contributed by atoms with E-state index in [1.54, 1.807) is 12.1 Å². The predicted molar refractivity (Wildman–Crippen MR) is 54.1 cm³/mol. The van der Waals surface area contributed by atoms with E-state index in [-0.39, 0.29) is 0 Å². The predicted octanol–water partition coefficient (Wildman–Crippen LogP) is 0.266. The van der Waals surface area contributed by atoms with Gasteiger partial charge in [-0.15, -0.1) is 10.7 Å². The van der Waals surface area contributed by atoms with Gasteiger partial charge < -0.3 is 0 Å². The largest absolute Gasteiger partial charge is 0.322 e. The molecular formula is C8H13N3O2S. The average molecular weight is 215 g/mol. The van der Waals surface area contributed by atoms with Crippen LogP contribution in [0.25, 0.3) is 0 Å². The van der Waals surface area contributed by atoms with Crippen LogP contribution in [0.15, 0.2) is 24.9 Å². The minimum absolute atomic E-state index is 0.479. The Labute approximate surface area is 83.8 Å². The van der Waals surface area contributed by atoms with Crippen molar-refractivity contribution in [1.82, 2.24) is 13.5 Å². The van der Waals surface area contributed by atoms with Crippen LogP contribution in [0.1, 0.15) is 5.69 Å². The molecule has 6 heteroatoms. The van der Waals surface area contributed by atoms with Crippen molar-refractivity contribution in [1.29, 1.82) is 0 Å². The van der Waals surface area contributed by atoms with E-state index >= 15 is 0 Å². The van der Waals surface area contributed by atoms with E-state index in [1.165, 1.54) is 20.3 Å². The number of nitrogens with zero attached hydrogens (tertiary/aromatic N) is 3. The number of rotatable bonds is 4. The fraction of sp³-hybridized carbons (Fsp3) is 0.375. The zero-order chi connectivity index (χ0) is 10.8. The van der Waals surface area contributed by atoms with Crippen LogP contribution in [0.3, 0.4) is 0 Å². The van der Waals surface area contributed by atoms with Crippen molar-refractivity contribution in [3.8, 4) is 0 Å². The molecule has 1 rings (SSSR count). The summed E-state index contributed by atoms with van der Waals surface area (Å²) in [4.78, 5) is 0. The van der Waals surface area contributed by atoms with E-state index in [0.29, 0.717) is 12.1 Å². The first kappa shape index (κ1) is 10.9. The third kappa shape index (κ3) is 1.85. The molecule has 0 N–H and O–H groups in total. The van der Waals surface area contributed by atoms with Gasteiger partial charge in [-0.2, -0.15) is 17.8 Å². The molecule has 78 valence electrons. The molecule has 14 heavy (non-hydrogen) atoms. The van der Waals surface area contributed by atoms with Crippen molar-refractivity contribution in [3.05, 3.63) is 30.6 Å². The minimum atomic E-state index is -3.50. The van der Waals surface area contributed by atoms with E-state index < -0.39 is 10.2 Å². The van der Waals surface area contributed by atoms with Crippen LogP contribution in [-0.2, 0) is 16.6 Å². The molecule has 0 unspecified atom stereocenters. The summed E-state index contributed by atoms with van der Waals surface area (Å²) in [5.74, 6) is 0. The van der Waals surface area contributed by atoms with Crippen molar-refractivity contribution >= 4 is 10.2 Å². The molecule has 0 saturated heterocycles. The van der Waals surface area contributed by atoms with E-state index in [1.807, 2.05) is 0 Å². The first-order chi connectivity index (χ1) is 6.50. The lowest BCUT2D eigenvalue weighted by Gasteiger charge is -2.12. The third-order valence-electron chi connectivity index (χ3n) is 1.72. The first-order valence-corrected chi connectivity index (χ1v) is 5.46. The molecule has 5 nitrogen and oxygen atoms in total. The van der Waals surface area contributed by atoms with Gasteiger partial charge in [-0.3, -0.25) is 0 Å². The summed E-state index contributed by atoms with van der Waals surface area (Å²) in [6.07, 6.45) is 3.58. The molecule has 0 spiro atoms. The van der Waals surface area contributed by atoms with Crippen LogP contribution in [0.2, 0.25) is 0 Å². The van der Waals surface area contributed by atoms with Gasteiger partial charge in [0.15, 0.2) is 0 Å². The summed E-state index contributed by atoms with van der Waals surface area (Å²) in [7, 11) is -0.561. The Balaban J connectivity index is 3.19. The number of hydrogen-bond donors (Lipinski definition) is 0.